The average Bonchev–Trinajstić information content (AvgIpc) is 2.24. The second kappa shape index (κ2) is 6.43. The smallest absolute Gasteiger partial charge is 0.294 e. The Bertz CT molecular complexity index is 630. The fourth-order valence-electron chi connectivity index (χ4n) is 2.15. The molecule has 0 aromatic heterocycles. The fraction of sp³-hybridized carbons (Fsp3) is 0.625. The molecule has 1 atom stereocenters. The first-order chi connectivity index (χ1) is 9.74. The first-order valence-corrected chi connectivity index (χ1v) is 11.8. The highest BCUT2D eigenvalue weighted by molar-refractivity contribution is 7.85. The topological polar surface area (TPSA) is 63.6 Å². The molecule has 0 fully saturated rings. The molecule has 0 spiro atoms. The molecule has 0 amide bonds. The molecule has 1 unspecified atom stereocenters. The molecular formula is C16H28O4SSi. The zero-order valence-electron chi connectivity index (χ0n) is 14.6. The molecule has 22 heavy (non-hydrogen) atoms. The molecule has 0 saturated carbocycles. The molecule has 1 rings (SSSR count). The minimum absolute atomic E-state index is 0.0243. The van der Waals surface area contributed by atoms with Gasteiger partial charge in [0.1, 0.15) is 0 Å². The number of rotatable bonds is 5. The summed E-state index contributed by atoms with van der Waals surface area (Å²) in [7, 11) is -6.12. The van der Waals surface area contributed by atoms with E-state index in [9.17, 15) is 13.0 Å². The van der Waals surface area contributed by atoms with Crippen LogP contribution in [0.3, 0.4) is 0 Å². The number of hydrogen-bond acceptors (Lipinski definition) is 3. The molecule has 0 bridgehead atoms. The second-order valence-corrected chi connectivity index (χ2v) is 13.6. The van der Waals surface area contributed by atoms with Gasteiger partial charge in [-0.15, -0.1) is 0 Å². The summed E-state index contributed by atoms with van der Waals surface area (Å²) in [4.78, 5) is -0.0243. The molecular weight excluding hydrogens is 316 g/mol. The van der Waals surface area contributed by atoms with Crippen molar-refractivity contribution < 1.29 is 17.4 Å². The minimum Gasteiger partial charge on any atom is -0.414 e. The van der Waals surface area contributed by atoms with Crippen LogP contribution in [0.15, 0.2) is 23.1 Å². The van der Waals surface area contributed by atoms with Crippen molar-refractivity contribution in [1.82, 2.24) is 0 Å². The first-order valence-electron chi connectivity index (χ1n) is 7.49. The molecule has 0 aliphatic rings. The monoisotopic (exact) mass is 344 g/mol. The van der Waals surface area contributed by atoms with Crippen LogP contribution >= 0.6 is 0 Å². The van der Waals surface area contributed by atoms with Gasteiger partial charge in [0.2, 0.25) is 0 Å². The van der Waals surface area contributed by atoms with Crippen LogP contribution in [0, 0.1) is 6.92 Å². The lowest BCUT2D eigenvalue weighted by atomic mass is 10.1. The van der Waals surface area contributed by atoms with Crippen molar-refractivity contribution in [2.75, 3.05) is 0 Å². The third kappa shape index (κ3) is 4.91. The van der Waals surface area contributed by atoms with E-state index in [2.05, 4.69) is 33.9 Å². The quantitative estimate of drug-likeness (QED) is 0.642. The highest BCUT2D eigenvalue weighted by Crippen LogP contribution is 2.37. The Morgan fingerprint density at radius 3 is 2.27 bits per heavy atom. The van der Waals surface area contributed by atoms with E-state index in [4.69, 9.17) is 4.43 Å². The van der Waals surface area contributed by atoms with Crippen LogP contribution in [-0.4, -0.2) is 27.4 Å². The maximum atomic E-state index is 11.5. The van der Waals surface area contributed by atoms with Crippen LogP contribution in [0.5, 0.6) is 0 Å². The number of hydrogen-bond donors (Lipinski definition) is 1. The summed E-state index contributed by atoms with van der Waals surface area (Å²) < 4.78 is 38.7. The van der Waals surface area contributed by atoms with Crippen LogP contribution in [0.4, 0.5) is 0 Å². The van der Waals surface area contributed by atoms with Gasteiger partial charge < -0.3 is 4.43 Å². The molecule has 1 aromatic carbocycles. The maximum absolute atomic E-state index is 11.5. The summed E-state index contributed by atoms with van der Waals surface area (Å²) >= 11 is 0. The zero-order valence-corrected chi connectivity index (χ0v) is 16.4. The molecule has 4 nitrogen and oxygen atoms in total. The third-order valence-electron chi connectivity index (χ3n) is 4.30. The highest BCUT2D eigenvalue weighted by Gasteiger charge is 2.38. The van der Waals surface area contributed by atoms with E-state index in [1.165, 1.54) is 6.07 Å². The van der Waals surface area contributed by atoms with Crippen molar-refractivity contribution in [1.29, 1.82) is 0 Å². The standard InChI is InChI=1S/C16H28O4SSi/c1-12-8-9-15(21(17,18)19)14(10-12)11-13(2)20-22(6,7)16(3,4)5/h8-10,13H,11H2,1-7H3,(H,17,18,19). The lowest BCUT2D eigenvalue weighted by Crippen LogP contribution is -2.43. The summed E-state index contributed by atoms with van der Waals surface area (Å²) in [5.74, 6) is 0. The van der Waals surface area contributed by atoms with Crippen molar-refractivity contribution in [2.24, 2.45) is 0 Å². The SMILES string of the molecule is Cc1ccc(S(=O)(=O)O)c(CC(C)O[Si](C)(C)C(C)(C)C)c1. The predicted molar refractivity (Wildman–Crippen MR) is 92.4 cm³/mol. The van der Waals surface area contributed by atoms with Gasteiger partial charge in [0, 0.05) is 6.10 Å². The molecule has 6 heteroatoms. The van der Waals surface area contributed by atoms with Crippen molar-refractivity contribution >= 4 is 18.4 Å². The largest absolute Gasteiger partial charge is 0.414 e. The van der Waals surface area contributed by atoms with Gasteiger partial charge in [-0.2, -0.15) is 8.42 Å². The van der Waals surface area contributed by atoms with Crippen molar-refractivity contribution in [3.8, 4) is 0 Å². The van der Waals surface area contributed by atoms with Gasteiger partial charge in [0.25, 0.3) is 10.1 Å². The van der Waals surface area contributed by atoms with Gasteiger partial charge in [-0.3, -0.25) is 4.55 Å². The van der Waals surface area contributed by atoms with E-state index < -0.39 is 18.4 Å². The molecule has 1 N–H and O–H groups in total. The number of benzene rings is 1. The lowest BCUT2D eigenvalue weighted by molar-refractivity contribution is 0.198. The van der Waals surface area contributed by atoms with Crippen molar-refractivity contribution in [3.63, 3.8) is 0 Å². The second-order valence-electron chi connectivity index (χ2n) is 7.48. The fourth-order valence-corrected chi connectivity index (χ4v) is 4.31. The Kier molecular flexibility index (Phi) is 5.66. The minimum atomic E-state index is -4.21. The summed E-state index contributed by atoms with van der Waals surface area (Å²) in [6.07, 6.45) is 0.353. The van der Waals surface area contributed by atoms with E-state index in [0.717, 1.165) is 5.56 Å². The van der Waals surface area contributed by atoms with Crippen molar-refractivity contribution in [2.45, 2.75) is 70.2 Å². The van der Waals surface area contributed by atoms with Crippen LogP contribution in [0.25, 0.3) is 0 Å². The van der Waals surface area contributed by atoms with Gasteiger partial charge in [0.05, 0.1) is 4.90 Å². The van der Waals surface area contributed by atoms with Crippen LogP contribution < -0.4 is 0 Å². The average molecular weight is 345 g/mol. The molecule has 0 saturated heterocycles. The van der Waals surface area contributed by atoms with E-state index in [0.29, 0.717) is 12.0 Å². The maximum Gasteiger partial charge on any atom is 0.294 e. The zero-order chi connectivity index (χ0) is 17.3. The predicted octanol–water partition coefficient (Wildman–Crippen LogP) is 4.19. The van der Waals surface area contributed by atoms with E-state index in [-0.39, 0.29) is 16.0 Å². The summed E-state index contributed by atoms with van der Waals surface area (Å²) in [6, 6.07) is 4.94. The Labute approximate surface area is 135 Å². The van der Waals surface area contributed by atoms with Crippen molar-refractivity contribution in [3.05, 3.63) is 29.3 Å². The van der Waals surface area contributed by atoms with Gasteiger partial charge >= 0.3 is 0 Å². The molecule has 0 radical (unpaired) electrons. The summed E-state index contributed by atoms with van der Waals surface area (Å²) in [5.41, 5.74) is 1.57. The van der Waals surface area contributed by atoms with E-state index in [1.807, 2.05) is 13.8 Å². The van der Waals surface area contributed by atoms with Gasteiger partial charge in [-0.05, 0) is 50.0 Å². The highest BCUT2D eigenvalue weighted by atomic mass is 32.2. The Balaban J connectivity index is 3.03. The normalized spacial score (nSPS) is 14.9. The molecule has 0 aliphatic carbocycles. The molecule has 0 aliphatic heterocycles. The van der Waals surface area contributed by atoms with E-state index in [1.54, 1.807) is 12.1 Å². The first kappa shape index (κ1) is 19.4. The van der Waals surface area contributed by atoms with Gasteiger partial charge in [-0.1, -0.05) is 38.5 Å². The van der Waals surface area contributed by atoms with Gasteiger partial charge in [-0.25, -0.2) is 0 Å². The third-order valence-corrected chi connectivity index (χ3v) is 9.86. The molecule has 126 valence electrons. The van der Waals surface area contributed by atoms with Crippen LogP contribution in [-0.2, 0) is 21.0 Å². The number of aryl methyl sites for hydroxylation is 1. The molecule has 1 aromatic rings. The Hall–Kier alpha value is -0.693. The van der Waals surface area contributed by atoms with Crippen LogP contribution in [0.1, 0.15) is 38.8 Å². The van der Waals surface area contributed by atoms with Crippen LogP contribution in [0.2, 0.25) is 18.1 Å². The Morgan fingerprint density at radius 1 is 1.27 bits per heavy atom. The Morgan fingerprint density at radius 2 is 1.82 bits per heavy atom. The van der Waals surface area contributed by atoms with E-state index >= 15 is 0 Å². The summed E-state index contributed by atoms with van der Waals surface area (Å²) in [6.45, 7) is 14.7. The van der Waals surface area contributed by atoms with Gasteiger partial charge in [0.15, 0.2) is 8.32 Å². The lowest BCUT2D eigenvalue weighted by Gasteiger charge is -2.38. The molecule has 0 heterocycles. The summed E-state index contributed by atoms with van der Waals surface area (Å²) in [5, 5.41) is 0.0970.